The Labute approximate surface area is 163 Å². The van der Waals surface area contributed by atoms with Crippen molar-refractivity contribution < 1.29 is 0 Å². The van der Waals surface area contributed by atoms with Crippen LogP contribution in [-0.4, -0.2) is 68.6 Å². The van der Waals surface area contributed by atoms with Crippen molar-refractivity contribution in [3.05, 3.63) is 22.4 Å². The number of aliphatic imine (C=N–C) groups is 1. The number of hydrogen-bond acceptors (Lipinski definition) is 4. The molecule has 26 heavy (non-hydrogen) atoms. The number of rotatable bonds is 8. The summed E-state index contributed by atoms with van der Waals surface area (Å²) in [7, 11) is 4.12. The van der Waals surface area contributed by atoms with Gasteiger partial charge in [-0.25, -0.2) is 0 Å². The molecule has 3 unspecified atom stereocenters. The quantitative estimate of drug-likeness (QED) is 0.538. The number of hydrogen-bond donors (Lipinski definition) is 2. The first-order valence-electron chi connectivity index (χ1n) is 10.0. The molecule has 0 bridgehead atoms. The Hall–Kier alpha value is -1.11. The molecule has 1 saturated heterocycles. The Bertz CT molecular complexity index is 526. The van der Waals surface area contributed by atoms with Gasteiger partial charge in [0.2, 0.25) is 0 Å². The molecule has 1 aliphatic heterocycles. The van der Waals surface area contributed by atoms with Gasteiger partial charge in [0.05, 0.1) is 0 Å². The fourth-order valence-electron chi connectivity index (χ4n) is 4.05. The van der Waals surface area contributed by atoms with E-state index in [0.29, 0.717) is 18.0 Å². The molecule has 0 amide bonds. The highest BCUT2D eigenvalue weighted by Gasteiger charge is 2.31. The number of likely N-dealkylation sites (N-methyl/N-ethyl adjacent to an activating group) is 1. The fraction of sp³-hybridized carbons (Fsp3) is 0.750. The number of likely N-dealkylation sites (tertiary alicyclic amines) is 1. The van der Waals surface area contributed by atoms with Crippen molar-refractivity contribution in [2.45, 2.75) is 45.7 Å². The molecule has 5 nitrogen and oxygen atoms in total. The number of piperidine rings is 1. The zero-order valence-electron chi connectivity index (χ0n) is 17.2. The van der Waals surface area contributed by atoms with E-state index in [2.05, 4.69) is 70.8 Å². The lowest BCUT2D eigenvalue weighted by molar-refractivity contribution is 0.125. The third-order valence-electron chi connectivity index (χ3n) is 5.60. The Balaban J connectivity index is 1.88. The van der Waals surface area contributed by atoms with Crippen molar-refractivity contribution in [1.82, 2.24) is 20.4 Å². The van der Waals surface area contributed by atoms with E-state index in [1.54, 1.807) is 0 Å². The van der Waals surface area contributed by atoms with Crippen molar-refractivity contribution in [2.75, 3.05) is 46.8 Å². The summed E-state index contributed by atoms with van der Waals surface area (Å²) >= 11 is 1.88. The molecule has 0 saturated carbocycles. The average molecular weight is 380 g/mol. The number of thiophene rings is 1. The van der Waals surface area contributed by atoms with Gasteiger partial charge in [0.15, 0.2) is 5.96 Å². The first-order chi connectivity index (χ1) is 12.6. The van der Waals surface area contributed by atoms with Crippen LogP contribution in [0.5, 0.6) is 0 Å². The van der Waals surface area contributed by atoms with Crippen LogP contribution in [0.15, 0.2) is 22.5 Å². The lowest BCUT2D eigenvalue weighted by atomic mass is 9.88. The summed E-state index contributed by atoms with van der Waals surface area (Å²) in [6, 6.07) is 5.47. The second-order valence-corrected chi connectivity index (χ2v) is 8.23. The monoisotopic (exact) mass is 379 g/mol. The Morgan fingerprint density at radius 2 is 2.15 bits per heavy atom. The largest absolute Gasteiger partial charge is 0.356 e. The Morgan fingerprint density at radius 1 is 1.38 bits per heavy atom. The summed E-state index contributed by atoms with van der Waals surface area (Å²) in [5.41, 5.74) is 0. The Morgan fingerprint density at radius 3 is 2.77 bits per heavy atom. The first kappa shape index (κ1) is 21.2. The molecule has 6 heteroatoms. The highest BCUT2D eigenvalue weighted by atomic mass is 32.1. The van der Waals surface area contributed by atoms with E-state index in [1.807, 2.05) is 18.4 Å². The van der Waals surface area contributed by atoms with Crippen LogP contribution in [0.2, 0.25) is 0 Å². The van der Waals surface area contributed by atoms with Gasteiger partial charge in [0, 0.05) is 37.1 Å². The lowest BCUT2D eigenvalue weighted by Crippen LogP contribution is -2.48. The van der Waals surface area contributed by atoms with Gasteiger partial charge in [-0.05, 0) is 63.8 Å². The van der Waals surface area contributed by atoms with E-state index < -0.39 is 0 Å². The molecule has 0 aliphatic carbocycles. The molecule has 1 aromatic heterocycles. The van der Waals surface area contributed by atoms with Gasteiger partial charge in [-0.3, -0.25) is 14.8 Å². The molecule has 3 atom stereocenters. The maximum atomic E-state index is 4.43. The van der Waals surface area contributed by atoms with Crippen LogP contribution in [0, 0.1) is 5.92 Å². The van der Waals surface area contributed by atoms with Crippen LogP contribution in [0.1, 0.15) is 44.5 Å². The van der Waals surface area contributed by atoms with E-state index in [0.717, 1.165) is 32.1 Å². The van der Waals surface area contributed by atoms with Gasteiger partial charge in [-0.1, -0.05) is 19.9 Å². The van der Waals surface area contributed by atoms with Crippen LogP contribution >= 0.6 is 11.3 Å². The summed E-state index contributed by atoms with van der Waals surface area (Å²) in [5, 5.41) is 9.28. The minimum absolute atomic E-state index is 0.503. The molecular weight excluding hydrogens is 342 g/mol. The van der Waals surface area contributed by atoms with Gasteiger partial charge < -0.3 is 10.6 Å². The standard InChI is InChI=1S/C20H37N5S/c1-6-25(7-2)16(3)14-22-20(21-4)23-15-17-10-8-12-24(5)19(17)18-11-9-13-26-18/h9,11,13,16-17,19H,6-8,10,12,14-15H2,1-5H3,(H2,21,22,23). The Kier molecular flexibility index (Phi) is 8.88. The minimum atomic E-state index is 0.503. The third kappa shape index (κ3) is 5.69. The molecule has 2 N–H and O–H groups in total. The summed E-state index contributed by atoms with van der Waals surface area (Å²) in [4.78, 5) is 10.9. The van der Waals surface area contributed by atoms with E-state index in [1.165, 1.54) is 24.3 Å². The van der Waals surface area contributed by atoms with Gasteiger partial charge in [-0.15, -0.1) is 11.3 Å². The summed E-state index contributed by atoms with van der Waals surface area (Å²) < 4.78 is 0. The van der Waals surface area contributed by atoms with Crippen molar-refractivity contribution >= 4 is 17.3 Å². The summed E-state index contributed by atoms with van der Waals surface area (Å²) in [5.74, 6) is 1.54. The molecule has 2 heterocycles. The second kappa shape index (κ2) is 10.9. The molecule has 1 aliphatic rings. The SMILES string of the molecule is CCN(CC)C(C)CNC(=NC)NCC1CCCN(C)C1c1cccs1. The maximum Gasteiger partial charge on any atom is 0.191 e. The molecular formula is C20H37N5S. The van der Waals surface area contributed by atoms with Crippen molar-refractivity contribution in [3.63, 3.8) is 0 Å². The predicted molar refractivity (Wildman–Crippen MR) is 114 cm³/mol. The zero-order chi connectivity index (χ0) is 18.9. The third-order valence-corrected chi connectivity index (χ3v) is 6.54. The molecule has 2 rings (SSSR count). The number of nitrogens with zero attached hydrogens (tertiary/aromatic N) is 3. The highest BCUT2D eigenvalue weighted by molar-refractivity contribution is 7.10. The zero-order valence-corrected chi connectivity index (χ0v) is 18.0. The van der Waals surface area contributed by atoms with Crippen molar-refractivity contribution in [2.24, 2.45) is 10.9 Å². The van der Waals surface area contributed by atoms with Gasteiger partial charge in [0.1, 0.15) is 0 Å². The van der Waals surface area contributed by atoms with Crippen LogP contribution in [0.3, 0.4) is 0 Å². The summed E-state index contributed by atoms with van der Waals surface area (Å²) in [6.07, 6.45) is 2.54. The predicted octanol–water partition coefficient (Wildman–Crippen LogP) is 3.03. The van der Waals surface area contributed by atoms with E-state index in [9.17, 15) is 0 Å². The summed E-state index contributed by atoms with van der Waals surface area (Å²) in [6.45, 7) is 12.0. The first-order valence-corrected chi connectivity index (χ1v) is 10.9. The van der Waals surface area contributed by atoms with Crippen molar-refractivity contribution in [1.29, 1.82) is 0 Å². The van der Waals surface area contributed by atoms with Gasteiger partial charge >= 0.3 is 0 Å². The lowest BCUT2D eigenvalue weighted by Gasteiger charge is -2.39. The fourth-order valence-corrected chi connectivity index (χ4v) is 5.03. The molecule has 0 radical (unpaired) electrons. The normalized spacial score (nSPS) is 23.2. The van der Waals surface area contributed by atoms with Crippen LogP contribution in [0.4, 0.5) is 0 Å². The molecule has 148 valence electrons. The maximum absolute atomic E-state index is 4.43. The van der Waals surface area contributed by atoms with Crippen LogP contribution < -0.4 is 10.6 Å². The minimum Gasteiger partial charge on any atom is -0.356 e. The highest BCUT2D eigenvalue weighted by Crippen LogP contribution is 2.36. The van der Waals surface area contributed by atoms with E-state index >= 15 is 0 Å². The van der Waals surface area contributed by atoms with Crippen molar-refractivity contribution in [3.8, 4) is 0 Å². The second-order valence-electron chi connectivity index (χ2n) is 7.25. The topological polar surface area (TPSA) is 42.9 Å². The van der Waals surface area contributed by atoms with Gasteiger partial charge in [-0.2, -0.15) is 0 Å². The molecule has 0 spiro atoms. The van der Waals surface area contributed by atoms with Crippen LogP contribution in [-0.2, 0) is 0 Å². The molecule has 1 fully saturated rings. The average Bonchev–Trinajstić information content (AvgIpc) is 3.17. The van der Waals surface area contributed by atoms with E-state index in [-0.39, 0.29) is 0 Å². The van der Waals surface area contributed by atoms with Gasteiger partial charge in [0.25, 0.3) is 0 Å². The van der Waals surface area contributed by atoms with Crippen LogP contribution in [0.25, 0.3) is 0 Å². The van der Waals surface area contributed by atoms with E-state index in [4.69, 9.17) is 0 Å². The molecule has 0 aromatic carbocycles. The number of guanidine groups is 1. The molecule has 1 aromatic rings. The smallest absolute Gasteiger partial charge is 0.191 e. The number of nitrogens with one attached hydrogen (secondary N) is 2.